The van der Waals surface area contributed by atoms with Crippen LogP contribution >= 0.6 is 27.5 Å². The van der Waals surface area contributed by atoms with E-state index >= 15 is 0 Å². The van der Waals surface area contributed by atoms with Crippen LogP contribution in [0.5, 0.6) is 0 Å². The number of anilines is 1. The zero-order valence-electron chi connectivity index (χ0n) is 10.4. The van der Waals surface area contributed by atoms with Gasteiger partial charge < -0.3 is 5.32 Å². The minimum absolute atomic E-state index is 0.738. The fourth-order valence-electron chi connectivity index (χ4n) is 1.81. The fourth-order valence-corrected chi connectivity index (χ4v) is 2.59. The van der Waals surface area contributed by atoms with Gasteiger partial charge in [0.25, 0.3) is 0 Å². The lowest BCUT2D eigenvalue weighted by Crippen LogP contribution is -2.01. The van der Waals surface area contributed by atoms with Crippen LogP contribution in [-0.4, -0.2) is 0 Å². The smallest absolute Gasteiger partial charge is 0.0458 e. The number of benzene rings is 2. The molecule has 0 heterocycles. The van der Waals surface area contributed by atoms with Crippen molar-refractivity contribution in [1.29, 1.82) is 0 Å². The van der Waals surface area contributed by atoms with Gasteiger partial charge in [-0.2, -0.15) is 0 Å². The van der Waals surface area contributed by atoms with Crippen molar-refractivity contribution in [3.8, 4) is 0 Å². The van der Waals surface area contributed by atoms with Crippen molar-refractivity contribution in [3.63, 3.8) is 0 Å². The predicted octanol–water partition coefficient (Wildman–Crippen LogP) is 5.33. The van der Waals surface area contributed by atoms with Crippen LogP contribution in [-0.2, 0) is 6.54 Å². The Hall–Kier alpha value is -0.990. The number of hydrogen-bond donors (Lipinski definition) is 1. The predicted molar refractivity (Wildman–Crippen MR) is 82.4 cm³/mol. The minimum atomic E-state index is 0.738. The van der Waals surface area contributed by atoms with E-state index < -0.39 is 0 Å². The first-order valence-electron chi connectivity index (χ1n) is 5.81. The van der Waals surface area contributed by atoms with E-state index in [9.17, 15) is 0 Å². The maximum atomic E-state index is 6.21. The molecule has 0 saturated carbocycles. The molecule has 94 valence electrons. The summed E-state index contributed by atoms with van der Waals surface area (Å²) in [4.78, 5) is 0. The molecule has 0 aliphatic heterocycles. The lowest BCUT2D eigenvalue weighted by molar-refractivity contribution is 1.13. The molecule has 0 saturated heterocycles. The van der Waals surface area contributed by atoms with Gasteiger partial charge in [0, 0.05) is 21.7 Å². The molecule has 1 nitrogen and oxygen atoms in total. The van der Waals surface area contributed by atoms with Crippen molar-refractivity contribution in [1.82, 2.24) is 0 Å². The molecule has 3 heteroatoms. The Kier molecular flexibility index (Phi) is 4.31. The summed E-state index contributed by atoms with van der Waals surface area (Å²) in [7, 11) is 0. The molecule has 1 N–H and O–H groups in total. The Balaban J connectivity index is 2.11. The lowest BCUT2D eigenvalue weighted by Gasteiger charge is -2.11. The van der Waals surface area contributed by atoms with Crippen molar-refractivity contribution in [3.05, 3.63) is 62.6 Å². The van der Waals surface area contributed by atoms with Gasteiger partial charge >= 0.3 is 0 Å². The summed E-state index contributed by atoms with van der Waals surface area (Å²) < 4.78 is 1.10. The normalized spacial score (nSPS) is 10.4. The van der Waals surface area contributed by atoms with Gasteiger partial charge in [-0.3, -0.25) is 0 Å². The van der Waals surface area contributed by atoms with E-state index in [0.717, 1.165) is 27.3 Å². The van der Waals surface area contributed by atoms with E-state index in [1.165, 1.54) is 11.1 Å². The molecule has 0 radical (unpaired) electrons. The van der Waals surface area contributed by atoms with Crippen molar-refractivity contribution >= 4 is 33.2 Å². The van der Waals surface area contributed by atoms with Crippen LogP contribution in [0.25, 0.3) is 0 Å². The topological polar surface area (TPSA) is 12.0 Å². The van der Waals surface area contributed by atoms with E-state index in [0.29, 0.717) is 0 Å². The van der Waals surface area contributed by atoms with Gasteiger partial charge in [0.1, 0.15) is 0 Å². The second-order valence-corrected chi connectivity index (χ2v) is 5.73. The van der Waals surface area contributed by atoms with Gasteiger partial charge in [-0.15, -0.1) is 0 Å². The van der Waals surface area contributed by atoms with Crippen molar-refractivity contribution in [2.75, 3.05) is 5.32 Å². The average Bonchev–Trinajstić information content (AvgIpc) is 2.30. The van der Waals surface area contributed by atoms with Gasteiger partial charge in [0.2, 0.25) is 0 Å². The summed E-state index contributed by atoms with van der Waals surface area (Å²) in [6.07, 6.45) is 0. The molecule has 0 fully saturated rings. The van der Waals surface area contributed by atoms with E-state index in [4.69, 9.17) is 11.6 Å². The highest BCUT2D eigenvalue weighted by Crippen LogP contribution is 2.22. The molecular weight excluding hydrogens is 310 g/mol. The molecule has 2 aromatic carbocycles. The number of hydrogen-bond acceptors (Lipinski definition) is 1. The maximum absolute atomic E-state index is 6.21. The Bertz CT molecular complexity index is 515. The SMILES string of the molecule is Cc1ccc(CNc2ccc(Br)cc2C)c(Cl)c1. The Labute approximate surface area is 121 Å². The zero-order chi connectivity index (χ0) is 13.1. The van der Waals surface area contributed by atoms with Gasteiger partial charge in [0.05, 0.1) is 0 Å². The third kappa shape index (κ3) is 3.27. The monoisotopic (exact) mass is 323 g/mol. The first-order chi connectivity index (χ1) is 8.56. The van der Waals surface area contributed by atoms with Gasteiger partial charge in [-0.25, -0.2) is 0 Å². The second kappa shape index (κ2) is 5.77. The molecule has 0 aromatic heterocycles. The molecule has 0 atom stereocenters. The van der Waals surface area contributed by atoms with Gasteiger partial charge in [-0.1, -0.05) is 39.7 Å². The molecule has 0 aliphatic carbocycles. The Morgan fingerprint density at radius 3 is 2.56 bits per heavy atom. The van der Waals surface area contributed by atoms with Crippen molar-refractivity contribution < 1.29 is 0 Å². The third-order valence-electron chi connectivity index (χ3n) is 2.87. The summed E-state index contributed by atoms with van der Waals surface area (Å²) in [6, 6.07) is 12.3. The molecule has 18 heavy (non-hydrogen) atoms. The van der Waals surface area contributed by atoms with Crippen LogP contribution in [0.15, 0.2) is 40.9 Å². The molecule has 2 rings (SSSR count). The lowest BCUT2D eigenvalue weighted by atomic mass is 10.1. The van der Waals surface area contributed by atoms with Crippen LogP contribution < -0.4 is 5.32 Å². The summed E-state index contributed by atoms with van der Waals surface area (Å²) in [5.41, 5.74) is 4.65. The fraction of sp³-hybridized carbons (Fsp3) is 0.200. The number of nitrogens with one attached hydrogen (secondary N) is 1. The molecule has 0 unspecified atom stereocenters. The molecule has 0 aliphatic rings. The average molecular weight is 325 g/mol. The third-order valence-corrected chi connectivity index (χ3v) is 3.71. The number of rotatable bonds is 3. The van der Waals surface area contributed by atoms with E-state index in [-0.39, 0.29) is 0 Å². The Morgan fingerprint density at radius 1 is 1.11 bits per heavy atom. The van der Waals surface area contributed by atoms with Crippen LogP contribution in [0.1, 0.15) is 16.7 Å². The quantitative estimate of drug-likeness (QED) is 0.804. The van der Waals surface area contributed by atoms with Crippen LogP contribution in [0.4, 0.5) is 5.69 Å². The number of halogens is 2. The van der Waals surface area contributed by atoms with Crippen molar-refractivity contribution in [2.45, 2.75) is 20.4 Å². The van der Waals surface area contributed by atoms with Crippen LogP contribution in [0, 0.1) is 13.8 Å². The summed E-state index contributed by atoms with van der Waals surface area (Å²) >= 11 is 9.68. The number of aryl methyl sites for hydroxylation is 2. The molecule has 0 spiro atoms. The largest absolute Gasteiger partial charge is 0.381 e. The van der Waals surface area contributed by atoms with Crippen LogP contribution in [0.3, 0.4) is 0 Å². The summed E-state index contributed by atoms with van der Waals surface area (Å²) in [5, 5.41) is 4.23. The molecule has 0 bridgehead atoms. The first kappa shape index (κ1) is 13.4. The highest BCUT2D eigenvalue weighted by Gasteiger charge is 2.02. The standard InChI is InChI=1S/C15H15BrClN/c1-10-3-4-12(14(17)7-10)9-18-15-6-5-13(16)8-11(15)2/h3-8,18H,9H2,1-2H3. The van der Waals surface area contributed by atoms with E-state index in [2.05, 4.69) is 52.4 Å². The molecule has 2 aromatic rings. The Morgan fingerprint density at radius 2 is 1.89 bits per heavy atom. The summed E-state index contributed by atoms with van der Waals surface area (Å²) in [6.45, 7) is 4.87. The summed E-state index contributed by atoms with van der Waals surface area (Å²) in [5.74, 6) is 0. The van der Waals surface area contributed by atoms with Crippen molar-refractivity contribution in [2.24, 2.45) is 0 Å². The van der Waals surface area contributed by atoms with E-state index in [1.807, 2.05) is 19.1 Å². The van der Waals surface area contributed by atoms with Gasteiger partial charge in [0.15, 0.2) is 0 Å². The molecular formula is C15H15BrClN. The highest BCUT2D eigenvalue weighted by molar-refractivity contribution is 9.10. The second-order valence-electron chi connectivity index (χ2n) is 4.41. The van der Waals surface area contributed by atoms with Gasteiger partial charge in [-0.05, 0) is 54.8 Å². The zero-order valence-corrected chi connectivity index (χ0v) is 12.8. The molecule has 0 amide bonds. The van der Waals surface area contributed by atoms with E-state index in [1.54, 1.807) is 0 Å². The first-order valence-corrected chi connectivity index (χ1v) is 6.98. The minimum Gasteiger partial charge on any atom is -0.381 e. The maximum Gasteiger partial charge on any atom is 0.0458 e. The highest BCUT2D eigenvalue weighted by atomic mass is 79.9. The van der Waals surface area contributed by atoms with Crippen LogP contribution in [0.2, 0.25) is 5.02 Å².